The van der Waals surface area contributed by atoms with Crippen LogP contribution in [0.1, 0.15) is 44.2 Å². The van der Waals surface area contributed by atoms with Crippen molar-refractivity contribution in [3.05, 3.63) is 23.3 Å². The molecule has 0 spiro atoms. The number of fused-ring (bicyclic) bond motifs is 1. The molecule has 2 unspecified atom stereocenters. The molecule has 1 aromatic rings. The number of piperazine rings is 1. The minimum absolute atomic E-state index is 0.0344. The summed E-state index contributed by atoms with van der Waals surface area (Å²) in [7, 11) is 2.04. The molecule has 2 heterocycles. The van der Waals surface area contributed by atoms with Gasteiger partial charge >= 0.3 is 0 Å². The normalized spacial score (nSPS) is 26.1. The highest BCUT2D eigenvalue weighted by Crippen LogP contribution is 2.39. The van der Waals surface area contributed by atoms with Crippen molar-refractivity contribution in [3.8, 4) is 5.75 Å². The van der Waals surface area contributed by atoms with Crippen molar-refractivity contribution in [1.29, 1.82) is 0 Å². The highest BCUT2D eigenvalue weighted by molar-refractivity contribution is 7.89. The molecule has 1 saturated carbocycles. The number of methoxy groups -OCH3 is 1. The summed E-state index contributed by atoms with van der Waals surface area (Å²) in [6.07, 6.45) is 3.76. The van der Waals surface area contributed by atoms with E-state index in [4.69, 9.17) is 9.47 Å². The fourth-order valence-corrected chi connectivity index (χ4v) is 8.30. The number of amides is 1. The van der Waals surface area contributed by atoms with Crippen LogP contribution in [0, 0.1) is 12.3 Å². The van der Waals surface area contributed by atoms with E-state index in [0.717, 1.165) is 51.0 Å². The number of benzene rings is 1. The van der Waals surface area contributed by atoms with E-state index >= 15 is 0 Å². The van der Waals surface area contributed by atoms with E-state index in [-0.39, 0.29) is 37.1 Å². The summed E-state index contributed by atoms with van der Waals surface area (Å²) in [5.74, 6) is 0.631. The lowest BCUT2D eigenvalue weighted by Crippen LogP contribution is -2.55. The van der Waals surface area contributed by atoms with E-state index in [0.29, 0.717) is 35.2 Å². The van der Waals surface area contributed by atoms with Crippen LogP contribution in [-0.2, 0) is 26.0 Å². The van der Waals surface area contributed by atoms with Crippen molar-refractivity contribution in [3.63, 3.8) is 0 Å². The zero-order valence-corrected chi connectivity index (χ0v) is 24.8. The maximum Gasteiger partial charge on any atom is 0.248 e. The minimum Gasteiger partial charge on any atom is -0.497 e. The molecule has 0 radical (unpaired) electrons. The molecule has 0 N–H and O–H groups in total. The predicted molar refractivity (Wildman–Crippen MR) is 148 cm³/mol. The van der Waals surface area contributed by atoms with Gasteiger partial charge < -0.3 is 19.3 Å². The van der Waals surface area contributed by atoms with Gasteiger partial charge in [0.2, 0.25) is 15.9 Å². The highest BCUT2D eigenvalue weighted by atomic mass is 32.2. The first-order chi connectivity index (χ1) is 17.9. The Morgan fingerprint density at radius 2 is 1.84 bits per heavy atom. The first-order valence-corrected chi connectivity index (χ1v) is 15.3. The Balaban J connectivity index is 1.29. The summed E-state index contributed by atoms with van der Waals surface area (Å²) in [6.45, 7) is 11.6. The zero-order chi connectivity index (χ0) is 27.7. The molecule has 2 atom stereocenters. The van der Waals surface area contributed by atoms with Gasteiger partial charge in [0.05, 0.1) is 18.6 Å². The molecule has 214 valence electrons. The monoisotopic (exact) mass is 550 g/mol. The van der Waals surface area contributed by atoms with Crippen molar-refractivity contribution < 1.29 is 22.7 Å². The first-order valence-electron chi connectivity index (χ1n) is 13.8. The third kappa shape index (κ3) is 6.53. The van der Waals surface area contributed by atoms with Crippen LogP contribution in [0.15, 0.2) is 17.0 Å². The van der Waals surface area contributed by atoms with Crippen molar-refractivity contribution in [2.45, 2.75) is 63.4 Å². The molecule has 1 aromatic carbocycles. The molecule has 1 saturated heterocycles. The third-order valence-electron chi connectivity index (χ3n) is 8.62. The number of sulfonamides is 1. The lowest BCUT2D eigenvalue weighted by molar-refractivity contribution is -0.139. The molecule has 9 nitrogen and oxygen atoms in total. The highest BCUT2D eigenvalue weighted by Gasteiger charge is 2.40. The number of ether oxygens (including phenoxy) is 2. The lowest BCUT2D eigenvalue weighted by Gasteiger charge is -2.48. The molecule has 1 aliphatic carbocycles. The van der Waals surface area contributed by atoms with E-state index in [9.17, 15) is 13.2 Å². The molecule has 10 heteroatoms. The second-order valence-corrected chi connectivity index (χ2v) is 14.0. The number of carbonyl (C=O) groups excluding carboxylic acids is 1. The average Bonchev–Trinajstić information content (AvgIpc) is 2.85. The molecule has 4 rings (SSSR count). The van der Waals surface area contributed by atoms with Crippen LogP contribution < -0.4 is 4.74 Å². The average molecular weight is 551 g/mol. The number of carbonyl (C=O) groups is 1. The van der Waals surface area contributed by atoms with Gasteiger partial charge in [-0.05, 0) is 68.3 Å². The molecule has 2 fully saturated rings. The van der Waals surface area contributed by atoms with Crippen LogP contribution in [0.3, 0.4) is 0 Å². The smallest absolute Gasteiger partial charge is 0.248 e. The Labute approximate surface area is 229 Å². The molecule has 0 bridgehead atoms. The van der Waals surface area contributed by atoms with Crippen molar-refractivity contribution in [1.82, 2.24) is 19.0 Å². The Morgan fingerprint density at radius 3 is 2.53 bits per heavy atom. The van der Waals surface area contributed by atoms with Crippen LogP contribution in [0.5, 0.6) is 5.75 Å². The Kier molecular flexibility index (Phi) is 9.09. The van der Waals surface area contributed by atoms with Crippen molar-refractivity contribution in [2.24, 2.45) is 5.41 Å². The predicted octanol–water partition coefficient (Wildman–Crippen LogP) is 2.22. The van der Waals surface area contributed by atoms with Gasteiger partial charge in [0.15, 0.2) is 0 Å². The van der Waals surface area contributed by atoms with Crippen LogP contribution in [0.2, 0.25) is 0 Å². The second-order valence-electron chi connectivity index (χ2n) is 12.1. The molecular weight excluding hydrogens is 504 g/mol. The standard InChI is InChI=1S/C28H46N4O5S/c1-21-15-25(36-6)16-22-7-8-32(38(34,35)27(21)22)13-14-37-20-26(33)30(5)23-17-24(19-28(2,3)18-23)31-11-9-29(4)10-12-31/h15-16,23-24H,7-14,17-20H2,1-6H3. The van der Waals surface area contributed by atoms with Gasteiger partial charge in [0.25, 0.3) is 0 Å². The largest absolute Gasteiger partial charge is 0.497 e. The maximum absolute atomic E-state index is 13.3. The molecule has 2 aliphatic heterocycles. The van der Waals surface area contributed by atoms with Gasteiger partial charge in [-0.1, -0.05) is 13.8 Å². The number of likely N-dealkylation sites (N-methyl/N-ethyl adjacent to an activating group) is 2. The Morgan fingerprint density at radius 1 is 1.13 bits per heavy atom. The Hall–Kier alpha value is -1.72. The minimum atomic E-state index is -3.61. The van der Waals surface area contributed by atoms with Crippen LogP contribution >= 0.6 is 0 Å². The number of hydrogen-bond donors (Lipinski definition) is 0. The third-order valence-corrected chi connectivity index (χ3v) is 10.8. The van der Waals surface area contributed by atoms with E-state index in [2.05, 4.69) is 30.7 Å². The summed E-state index contributed by atoms with van der Waals surface area (Å²) in [4.78, 5) is 20.3. The van der Waals surface area contributed by atoms with Gasteiger partial charge in [-0.3, -0.25) is 9.69 Å². The maximum atomic E-state index is 13.3. The van der Waals surface area contributed by atoms with E-state index in [1.165, 1.54) is 4.31 Å². The van der Waals surface area contributed by atoms with Crippen molar-refractivity contribution >= 4 is 15.9 Å². The van der Waals surface area contributed by atoms with Gasteiger partial charge in [0.1, 0.15) is 12.4 Å². The quantitative estimate of drug-likeness (QED) is 0.459. The van der Waals surface area contributed by atoms with Crippen LogP contribution in [0.4, 0.5) is 0 Å². The van der Waals surface area contributed by atoms with Gasteiger partial charge in [0, 0.05) is 58.4 Å². The lowest BCUT2D eigenvalue weighted by atomic mass is 9.71. The fourth-order valence-electron chi connectivity index (χ4n) is 6.44. The zero-order valence-electron chi connectivity index (χ0n) is 24.0. The SMILES string of the molecule is COc1cc(C)c2c(c1)CCN(CCOCC(=O)N(C)C1CC(N3CCN(C)CC3)CC(C)(C)C1)S2(=O)=O. The summed E-state index contributed by atoms with van der Waals surface area (Å²) in [5, 5.41) is 0. The number of rotatable bonds is 8. The van der Waals surface area contributed by atoms with Crippen LogP contribution in [0.25, 0.3) is 0 Å². The second kappa shape index (κ2) is 11.8. The van der Waals surface area contributed by atoms with Gasteiger partial charge in [-0.2, -0.15) is 4.31 Å². The van der Waals surface area contributed by atoms with Gasteiger partial charge in [-0.15, -0.1) is 0 Å². The Bertz CT molecular complexity index is 1100. The van der Waals surface area contributed by atoms with Gasteiger partial charge in [-0.25, -0.2) is 8.42 Å². The molecular formula is C28H46N4O5S. The van der Waals surface area contributed by atoms with E-state index in [1.54, 1.807) is 20.1 Å². The summed E-state index contributed by atoms with van der Waals surface area (Å²) in [5.41, 5.74) is 1.65. The topological polar surface area (TPSA) is 82.6 Å². The number of nitrogens with zero attached hydrogens (tertiary/aromatic N) is 4. The fraction of sp³-hybridized carbons (Fsp3) is 0.750. The first kappa shape index (κ1) is 29.3. The number of aryl methyl sites for hydroxylation is 1. The summed E-state index contributed by atoms with van der Waals surface area (Å²) in [6, 6.07) is 4.23. The molecule has 1 amide bonds. The number of hydrogen-bond acceptors (Lipinski definition) is 7. The van der Waals surface area contributed by atoms with Crippen LogP contribution in [-0.4, -0.2) is 119 Å². The molecule has 0 aromatic heterocycles. The molecule has 3 aliphatic rings. The summed E-state index contributed by atoms with van der Waals surface area (Å²) >= 11 is 0. The summed E-state index contributed by atoms with van der Waals surface area (Å²) < 4.78 is 39.0. The molecule has 38 heavy (non-hydrogen) atoms. The van der Waals surface area contributed by atoms with Crippen molar-refractivity contribution in [2.75, 3.05) is 73.7 Å². The van der Waals surface area contributed by atoms with E-state index < -0.39 is 10.0 Å². The van der Waals surface area contributed by atoms with E-state index in [1.807, 2.05) is 18.0 Å².